The number of carboxylic acid groups (broad SMARTS) is 1. The maximum absolute atomic E-state index is 11.0. The molecule has 16 heavy (non-hydrogen) atoms. The molecule has 1 aromatic carbocycles. The molecule has 1 N–H and O–H groups in total. The SMILES string of the molecule is O=C1N=C(C(=O)O)C(c2cccc(Cl)c2)=N1. The van der Waals surface area contributed by atoms with E-state index in [-0.39, 0.29) is 11.4 Å². The zero-order chi connectivity index (χ0) is 11.7. The lowest BCUT2D eigenvalue weighted by atomic mass is 10.1. The topological polar surface area (TPSA) is 79.1 Å². The summed E-state index contributed by atoms with van der Waals surface area (Å²) in [5.74, 6) is -1.29. The Hall–Kier alpha value is -2.01. The largest absolute Gasteiger partial charge is 0.476 e. The molecular formula is C10H5ClN2O3. The van der Waals surface area contributed by atoms with Gasteiger partial charge in [-0.2, -0.15) is 9.98 Å². The Morgan fingerprint density at radius 3 is 2.69 bits per heavy atom. The van der Waals surface area contributed by atoms with Crippen LogP contribution >= 0.6 is 11.6 Å². The highest BCUT2D eigenvalue weighted by Crippen LogP contribution is 2.15. The summed E-state index contributed by atoms with van der Waals surface area (Å²) in [7, 11) is 0. The van der Waals surface area contributed by atoms with Crippen LogP contribution in [0.5, 0.6) is 0 Å². The van der Waals surface area contributed by atoms with Gasteiger partial charge in [-0.05, 0) is 12.1 Å². The van der Waals surface area contributed by atoms with Gasteiger partial charge in [-0.3, -0.25) is 0 Å². The molecule has 0 aliphatic carbocycles. The maximum Gasteiger partial charge on any atom is 0.368 e. The molecule has 6 heteroatoms. The van der Waals surface area contributed by atoms with Gasteiger partial charge in [0, 0.05) is 10.6 Å². The lowest BCUT2D eigenvalue weighted by Crippen LogP contribution is -2.22. The molecule has 2 amide bonds. The molecule has 1 heterocycles. The quantitative estimate of drug-likeness (QED) is 0.850. The molecule has 1 aliphatic rings. The molecule has 0 bridgehead atoms. The van der Waals surface area contributed by atoms with E-state index < -0.39 is 12.0 Å². The van der Waals surface area contributed by atoms with Crippen LogP contribution in [0.3, 0.4) is 0 Å². The molecule has 0 spiro atoms. The van der Waals surface area contributed by atoms with E-state index in [2.05, 4.69) is 9.98 Å². The van der Waals surface area contributed by atoms with Crippen molar-refractivity contribution in [3.05, 3.63) is 34.9 Å². The van der Waals surface area contributed by atoms with E-state index in [4.69, 9.17) is 16.7 Å². The van der Waals surface area contributed by atoms with Crippen molar-refractivity contribution < 1.29 is 14.7 Å². The van der Waals surface area contributed by atoms with Crippen LogP contribution in [-0.2, 0) is 4.79 Å². The molecule has 80 valence electrons. The van der Waals surface area contributed by atoms with Gasteiger partial charge in [-0.1, -0.05) is 23.7 Å². The first-order valence-corrected chi connectivity index (χ1v) is 4.66. The van der Waals surface area contributed by atoms with Gasteiger partial charge in [-0.25, -0.2) is 9.59 Å². The van der Waals surface area contributed by atoms with Crippen LogP contribution in [0, 0.1) is 0 Å². The lowest BCUT2D eigenvalue weighted by Gasteiger charge is -2.00. The Morgan fingerprint density at radius 1 is 1.31 bits per heavy atom. The monoisotopic (exact) mass is 236 g/mol. The summed E-state index contributed by atoms with van der Waals surface area (Å²) in [6, 6.07) is 5.61. The molecule has 5 nitrogen and oxygen atoms in total. The molecule has 0 radical (unpaired) electrons. The first-order valence-electron chi connectivity index (χ1n) is 4.29. The third kappa shape index (κ3) is 1.85. The number of rotatable bonds is 2. The van der Waals surface area contributed by atoms with Crippen LogP contribution in [0.15, 0.2) is 34.3 Å². The molecule has 1 aromatic rings. The van der Waals surface area contributed by atoms with Gasteiger partial charge < -0.3 is 5.11 Å². The number of carboxylic acids is 1. The van der Waals surface area contributed by atoms with Crippen LogP contribution in [0.25, 0.3) is 0 Å². The Bertz CT molecular complexity index is 549. The molecule has 0 fully saturated rings. The van der Waals surface area contributed by atoms with Crippen molar-refractivity contribution in [3.63, 3.8) is 0 Å². The minimum atomic E-state index is -1.29. The summed E-state index contributed by atoms with van der Waals surface area (Å²) in [6.07, 6.45) is 0. The fourth-order valence-electron chi connectivity index (χ4n) is 1.31. The average molecular weight is 237 g/mol. The summed E-state index contributed by atoms with van der Waals surface area (Å²) < 4.78 is 0. The number of urea groups is 1. The number of benzene rings is 1. The van der Waals surface area contributed by atoms with Crippen LogP contribution in [0.1, 0.15) is 5.56 Å². The van der Waals surface area contributed by atoms with Gasteiger partial charge in [0.1, 0.15) is 5.71 Å². The molecule has 0 aromatic heterocycles. The van der Waals surface area contributed by atoms with Crippen molar-refractivity contribution in [2.24, 2.45) is 9.98 Å². The number of aliphatic imine (C=N–C) groups is 2. The van der Waals surface area contributed by atoms with Crippen LogP contribution < -0.4 is 0 Å². The average Bonchev–Trinajstić information content (AvgIpc) is 2.60. The summed E-state index contributed by atoms with van der Waals surface area (Å²) in [6.45, 7) is 0. The molecule has 0 saturated carbocycles. The zero-order valence-electron chi connectivity index (χ0n) is 7.85. The van der Waals surface area contributed by atoms with Crippen molar-refractivity contribution in [2.75, 3.05) is 0 Å². The highest BCUT2D eigenvalue weighted by Gasteiger charge is 2.26. The first-order chi connectivity index (χ1) is 7.58. The number of amides is 2. The van der Waals surface area contributed by atoms with Gasteiger partial charge in [0.05, 0.1) is 0 Å². The third-order valence-electron chi connectivity index (χ3n) is 1.94. The number of hydrogen-bond donors (Lipinski definition) is 1. The number of carbonyl (C=O) groups excluding carboxylic acids is 1. The Morgan fingerprint density at radius 2 is 2.06 bits per heavy atom. The second-order valence-electron chi connectivity index (χ2n) is 3.02. The normalized spacial score (nSPS) is 14.7. The van der Waals surface area contributed by atoms with E-state index in [1.54, 1.807) is 18.2 Å². The fraction of sp³-hybridized carbons (Fsp3) is 0. The molecule has 1 aliphatic heterocycles. The van der Waals surface area contributed by atoms with Crippen molar-refractivity contribution in [1.82, 2.24) is 0 Å². The van der Waals surface area contributed by atoms with Crippen molar-refractivity contribution >= 4 is 35.0 Å². The van der Waals surface area contributed by atoms with E-state index in [0.717, 1.165) is 0 Å². The number of hydrogen-bond acceptors (Lipinski definition) is 2. The van der Waals surface area contributed by atoms with E-state index in [9.17, 15) is 9.59 Å². The van der Waals surface area contributed by atoms with Gasteiger partial charge in [-0.15, -0.1) is 0 Å². The molecular weight excluding hydrogens is 232 g/mol. The summed E-state index contributed by atoms with van der Waals surface area (Å²) in [4.78, 5) is 28.6. The molecule has 2 rings (SSSR count). The summed E-state index contributed by atoms with van der Waals surface area (Å²) in [5, 5.41) is 9.27. The predicted molar refractivity (Wildman–Crippen MR) is 58.5 cm³/mol. The second kappa shape index (κ2) is 3.86. The van der Waals surface area contributed by atoms with E-state index in [1.165, 1.54) is 6.07 Å². The summed E-state index contributed by atoms with van der Waals surface area (Å²) in [5.41, 5.74) is 0.145. The van der Waals surface area contributed by atoms with Gasteiger partial charge in [0.15, 0.2) is 5.71 Å². The van der Waals surface area contributed by atoms with Gasteiger partial charge in [0.25, 0.3) is 0 Å². The van der Waals surface area contributed by atoms with Gasteiger partial charge >= 0.3 is 12.0 Å². The van der Waals surface area contributed by atoms with Crippen molar-refractivity contribution in [2.45, 2.75) is 0 Å². The Labute approximate surface area is 95.1 Å². The number of nitrogens with zero attached hydrogens (tertiary/aromatic N) is 2. The van der Waals surface area contributed by atoms with E-state index in [0.29, 0.717) is 10.6 Å². The standard InChI is InChI=1S/C10H5ClN2O3/c11-6-3-1-2-5(4-6)7-8(9(14)15)13-10(16)12-7/h1-4H,(H,14,15). The number of aliphatic carboxylic acids is 1. The summed E-state index contributed by atoms with van der Waals surface area (Å²) >= 11 is 5.76. The third-order valence-corrected chi connectivity index (χ3v) is 2.17. The fourth-order valence-corrected chi connectivity index (χ4v) is 1.50. The van der Waals surface area contributed by atoms with E-state index >= 15 is 0 Å². The van der Waals surface area contributed by atoms with Crippen LogP contribution in [0.4, 0.5) is 4.79 Å². The van der Waals surface area contributed by atoms with Crippen LogP contribution in [-0.4, -0.2) is 28.5 Å². The number of halogens is 1. The minimum absolute atomic E-state index is 0.0417. The highest BCUT2D eigenvalue weighted by molar-refractivity contribution is 6.71. The van der Waals surface area contributed by atoms with Crippen molar-refractivity contribution in [3.8, 4) is 0 Å². The second-order valence-corrected chi connectivity index (χ2v) is 3.46. The van der Waals surface area contributed by atoms with Crippen molar-refractivity contribution in [1.29, 1.82) is 0 Å². The highest BCUT2D eigenvalue weighted by atomic mass is 35.5. The molecule has 0 unspecified atom stereocenters. The first kappa shape index (κ1) is 10.5. The van der Waals surface area contributed by atoms with E-state index in [1.807, 2.05) is 0 Å². The Balaban J connectivity index is 2.50. The molecule has 0 saturated heterocycles. The zero-order valence-corrected chi connectivity index (χ0v) is 8.60. The number of carbonyl (C=O) groups is 2. The minimum Gasteiger partial charge on any atom is -0.476 e. The van der Waals surface area contributed by atoms with Crippen LogP contribution in [0.2, 0.25) is 5.02 Å². The lowest BCUT2D eigenvalue weighted by molar-refractivity contribution is -0.129. The predicted octanol–water partition coefficient (Wildman–Crippen LogP) is 1.79. The Kier molecular flexibility index (Phi) is 2.54. The molecule has 0 atom stereocenters. The van der Waals surface area contributed by atoms with Gasteiger partial charge in [0.2, 0.25) is 0 Å². The smallest absolute Gasteiger partial charge is 0.368 e. The maximum atomic E-state index is 11.0.